The molecule has 0 radical (unpaired) electrons. The molecule has 1 unspecified atom stereocenters. The number of fused-ring (bicyclic) bond motifs is 1. The molecule has 0 saturated heterocycles. The molecule has 1 atom stereocenters. The van der Waals surface area contributed by atoms with Crippen molar-refractivity contribution in [2.24, 2.45) is 5.92 Å². The summed E-state index contributed by atoms with van der Waals surface area (Å²) < 4.78 is 3.37. The second-order valence-corrected chi connectivity index (χ2v) is 6.33. The average molecular weight is 347 g/mol. The van der Waals surface area contributed by atoms with E-state index >= 15 is 0 Å². The highest BCUT2D eigenvalue weighted by atomic mass is 16.4. The second kappa shape index (κ2) is 8.50. The Hall–Kier alpha value is -2.57. The average Bonchev–Trinajstić information content (AvgIpc) is 2.83. The number of amides is 1. The predicted octanol–water partition coefficient (Wildman–Crippen LogP) is 1.83. The number of carbonyl (C=O) groups excluding carboxylic acids is 1. The van der Waals surface area contributed by atoms with Crippen molar-refractivity contribution in [3.63, 3.8) is 0 Å². The third-order valence-corrected chi connectivity index (χ3v) is 4.11. The van der Waals surface area contributed by atoms with E-state index in [9.17, 15) is 14.4 Å². The van der Waals surface area contributed by atoms with Gasteiger partial charge >= 0.3 is 11.7 Å². The first-order valence-electron chi connectivity index (χ1n) is 8.60. The highest BCUT2D eigenvalue weighted by molar-refractivity contribution is 5.78. The molecule has 0 bridgehead atoms. The van der Waals surface area contributed by atoms with E-state index in [0.717, 1.165) is 17.5 Å². The first-order chi connectivity index (χ1) is 11.9. The molecule has 0 fully saturated rings. The fourth-order valence-corrected chi connectivity index (χ4v) is 2.89. The van der Waals surface area contributed by atoms with Crippen LogP contribution in [-0.4, -0.2) is 32.7 Å². The molecular weight excluding hydrogens is 322 g/mol. The number of aliphatic carboxylic acids is 1. The monoisotopic (exact) mass is 347 g/mol. The van der Waals surface area contributed by atoms with Gasteiger partial charge in [-0.3, -0.25) is 18.7 Å². The van der Waals surface area contributed by atoms with Crippen LogP contribution in [0.2, 0.25) is 0 Å². The highest BCUT2D eigenvalue weighted by Gasteiger charge is 2.14. The number of aryl methyl sites for hydroxylation is 2. The van der Waals surface area contributed by atoms with E-state index in [2.05, 4.69) is 5.32 Å². The molecule has 136 valence electrons. The van der Waals surface area contributed by atoms with Crippen molar-refractivity contribution in [1.29, 1.82) is 0 Å². The molecule has 25 heavy (non-hydrogen) atoms. The topological polar surface area (TPSA) is 93.3 Å². The molecule has 0 saturated carbocycles. The maximum Gasteiger partial charge on any atom is 0.329 e. The van der Waals surface area contributed by atoms with Crippen molar-refractivity contribution >= 4 is 22.9 Å². The van der Waals surface area contributed by atoms with Crippen LogP contribution >= 0.6 is 0 Å². The molecule has 0 aliphatic carbocycles. The SMILES string of the molecule is CCCn1c(=O)n(CCC(=O)NCC(C)CC(=O)O)c2ccccc21. The van der Waals surface area contributed by atoms with Crippen molar-refractivity contribution in [1.82, 2.24) is 14.5 Å². The molecule has 0 aliphatic heterocycles. The molecule has 0 spiro atoms. The minimum absolute atomic E-state index is 0.0181. The van der Waals surface area contributed by atoms with Gasteiger partial charge in [-0.05, 0) is 24.5 Å². The van der Waals surface area contributed by atoms with Gasteiger partial charge in [0.05, 0.1) is 11.0 Å². The van der Waals surface area contributed by atoms with Crippen LogP contribution in [0.5, 0.6) is 0 Å². The Kier molecular flexibility index (Phi) is 6.38. The number of carbonyl (C=O) groups is 2. The summed E-state index contributed by atoms with van der Waals surface area (Å²) >= 11 is 0. The van der Waals surface area contributed by atoms with Gasteiger partial charge < -0.3 is 10.4 Å². The molecular formula is C18H25N3O4. The largest absolute Gasteiger partial charge is 0.481 e. The van der Waals surface area contributed by atoms with Crippen LogP contribution in [-0.2, 0) is 22.7 Å². The van der Waals surface area contributed by atoms with Gasteiger partial charge in [0.2, 0.25) is 5.91 Å². The standard InChI is InChI=1S/C18H25N3O4/c1-3-9-20-14-6-4-5-7-15(14)21(18(20)25)10-8-16(22)19-12-13(2)11-17(23)24/h4-7,13H,3,8-12H2,1-2H3,(H,19,22)(H,23,24). The minimum Gasteiger partial charge on any atom is -0.481 e. The Bertz CT molecular complexity index is 806. The summed E-state index contributed by atoms with van der Waals surface area (Å²) in [5.74, 6) is -1.19. The zero-order valence-corrected chi connectivity index (χ0v) is 14.7. The fraction of sp³-hybridized carbons (Fsp3) is 0.500. The Morgan fingerprint density at radius 2 is 1.76 bits per heavy atom. The molecule has 7 nitrogen and oxygen atoms in total. The van der Waals surface area contributed by atoms with Crippen molar-refractivity contribution < 1.29 is 14.7 Å². The van der Waals surface area contributed by atoms with E-state index in [1.165, 1.54) is 0 Å². The minimum atomic E-state index is -0.878. The first-order valence-corrected chi connectivity index (χ1v) is 8.60. The summed E-state index contributed by atoms with van der Waals surface area (Å²) in [7, 11) is 0. The maximum absolute atomic E-state index is 12.6. The highest BCUT2D eigenvalue weighted by Crippen LogP contribution is 2.13. The number of para-hydroxylation sites is 2. The van der Waals surface area contributed by atoms with Gasteiger partial charge in [0.25, 0.3) is 0 Å². The lowest BCUT2D eigenvalue weighted by Gasteiger charge is -2.10. The van der Waals surface area contributed by atoms with Gasteiger partial charge in [0.1, 0.15) is 0 Å². The van der Waals surface area contributed by atoms with Crippen molar-refractivity contribution in [2.75, 3.05) is 6.54 Å². The van der Waals surface area contributed by atoms with Gasteiger partial charge in [-0.15, -0.1) is 0 Å². The number of carboxylic acids is 1. The summed E-state index contributed by atoms with van der Waals surface area (Å²) in [6.07, 6.45) is 1.06. The number of hydrogen-bond acceptors (Lipinski definition) is 3. The smallest absolute Gasteiger partial charge is 0.329 e. The predicted molar refractivity (Wildman–Crippen MR) is 95.5 cm³/mol. The molecule has 1 aromatic heterocycles. The van der Waals surface area contributed by atoms with Gasteiger partial charge in [0, 0.05) is 32.5 Å². The molecule has 7 heteroatoms. The van der Waals surface area contributed by atoms with E-state index in [1.54, 1.807) is 16.1 Å². The molecule has 0 aliphatic rings. The summed E-state index contributed by atoms with van der Waals surface area (Å²) in [5, 5.41) is 11.5. The Morgan fingerprint density at radius 3 is 2.32 bits per heavy atom. The second-order valence-electron chi connectivity index (χ2n) is 6.33. The number of carboxylic acid groups (broad SMARTS) is 1. The van der Waals surface area contributed by atoms with Crippen LogP contribution in [0.4, 0.5) is 0 Å². The van der Waals surface area contributed by atoms with Crippen LogP contribution < -0.4 is 11.0 Å². The third kappa shape index (κ3) is 4.71. The summed E-state index contributed by atoms with van der Waals surface area (Å²) in [5.41, 5.74) is 1.60. The number of benzene rings is 1. The lowest BCUT2D eigenvalue weighted by Crippen LogP contribution is -2.31. The van der Waals surface area contributed by atoms with E-state index in [-0.39, 0.29) is 30.4 Å². The normalized spacial score (nSPS) is 12.2. The lowest BCUT2D eigenvalue weighted by molar-refractivity contribution is -0.138. The Balaban J connectivity index is 2.03. The van der Waals surface area contributed by atoms with Gasteiger partial charge in [-0.2, -0.15) is 0 Å². The maximum atomic E-state index is 12.6. The van der Waals surface area contributed by atoms with Crippen molar-refractivity contribution in [3.8, 4) is 0 Å². The molecule has 2 aromatic rings. The van der Waals surface area contributed by atoms with Crippen molar-refractivity contribution in [2.45, 2.75) is 46.2 Å². The van der Waals surface area contributed by atoms with Gasteiger partial charge in [-0.1, -0.05) is 26.0 Å². The number of nitrogens with zero attached hydrogens (tertiary/aromatic N) is 2. The van der Waals surface area contributed by atoms with E-state index < -0.39 is 5.97 Å². The Labute approximate surface area is 146 Å². The lowest BCUT2D eigenvalue weighted by atomic mass is 10.1. The van der Waals surface area contributed by atoms with E-state index in [4.69, 9.17) is 5.11 Å². The van der Waals surface area contributed by atoms with Crippen molar-refractivity contribution in [3.05, 3.63) is 34.7 Å². The number of imidazole rings is 1. The summed E-state index contributed by atoms with van der Waals surface area (Å²) in [4.78, 5) is 35.2. The summed E-state index contributed by atoms with van der Waals surface area (Å²) in [6, 6.07) is 7.57. The number of rotatable bonds is 9. The molecule has 1 aromatic carbocycles. The zero-order valence-electron chi connectivity index (χ0n) is 14.7. The first kappa shape index (κ1) is 18.8. The fourth-order valence-electron chi connectivity index (χ4n) is 2.89. The quantitative estimate of drug-likeness (QED) is 0.724. The van der Waals surface area contributed by atoms with Crippen LogP contribution in [0.15, 0.2) is 29.1 Å². The molecule has 2 N–H and O–H groups in total. The molecule has 1 amide bonds. The third-order valence-electron chi connectivity index (χ3n) is 4.11. The van der Waals surface area contributed by atoms with Crippen LogP contribution in [0, 0.1) is 5.92 Å². The van der Waals surface area contributed by atoms with Crippen LogP contribution in [0.3, 0.4) is 0 Å². The van der Waals surface area contributed by atoms with Crippen LogP contribution in [0.1, 0.15) is 33.1 Å². The Morgan fingerprint density at radius 1 is 1.16 bits per heavy atom. The van der Waals surface area contributed by atoms with E-state index in [0.29, 0.717) is 19.6 Å². The number of hydrogen-bond donors (Lipinski definition) is 2. The van der Waals surface area contributed by atoms with E-state index in [1.807, 2.05) is 31.2 Å². The molecule has 1 heterocycles. The zero-order chi connectivity index (χ0) is 18.4. The number of nitrogens with one attached hydrogen (secondary N) is 1. The summed E-state index contributed by atoms with van der Waals surface area (Å²) in [6.45, 7) is 5.06. The van der Waals surface area contributed by atoms with Crippen LogP contribution in [0.25, 0.3) is 11.0 Å². The number of aromatic nitrogens is 2. The molecule has 2 rings (SSSR count). The van der Waals surface area contributed by atoms with Gasteiger partial charge in [0.15, 0.2) is 0 Å². The van der Waals surface area contributed by atoms with Gasteiger partial charge in [-0.25, -0.2) is 4.79 Å².